The lowest BCUT2D eigenvalue weighted by molar-refractivity contribution is 0.0759. The van der Waals surface area contributed by atoms with Crippen LogP contribution in [0, 0.1) is 6.92 Å². The van der Waals surface area contributed by atoms with Crippen LogP contribution in [0.2, 0.25) is 0 Å². The Kier molecular flexibility index (Phi) is 4.92. The van der Waals surface area contributed by atoms with Crippen molar-refractivity contribution in [1.82, 2.24) is 9.97 Å². The minimum atomic E-state index is 0.560. The van der Waals surface area contributed by atoms with Gasteiger partial charge in [0.25, 0.3) is 0 Å². The van der Waals surface area contributed by atoms with Crippen molar-refractivity contribution in [3.8, 4) is 0 Å². The standard InChI is InChI=1S/C9H18N4O2/c1-7-12-8(10)9(13-7)11-3-4-15-6-5-14-2/h11H,3-6,10H2,1-2H3,(H,12,13). The summed E-state index contributed by atoms with van der Waals surface area (Å²) < 4.78 is 10.1. The van der Waals surface area contributed by atoms with Crippen molar-refractivity contribution in [3.05, 3.63) is 5.82 Å². The van der Waals surface area contributed by atoms with E-state index in [-0.39, 0.29) is 0 Å². The normalized spacial score (nSPS) is 10.5. The van der Waals surface area contributed by atoms with Crippen LogP contribution in [0.4, 0.5) is 11.6 Å². The molecule has 6 nitrogen and oxygen atoms in total. The molecular weight excluding hydrogens is 196 g/mol. The van der Waals surface area contributed by atoms with E-state index in [1.165, 1.54) is 0 Å². The molecule has 0 aliphatic carbocycles. The Morgan fingerprint density at radius 3 is 2.80 bits per heavy atom. The molecule has 0 aliphatic rings. The zero-order valence-electron chi connectivity index (χ0n) is 9.17. The number of aromatic nitrogens is 2. The lowest BCUT2D eigenvalue weighted by Gasteiger charge is -2.05. The van der Waals surface area contributed by atoms with Gasteiger partial charge in [-0.15, -0.1) is 0 Å². The van der Waals surface area contributed by atoms with Crippen LogP contribution in [0.25, 0.3) is 0 Å². The number of nitrogen functional groups attached to an aromatic ring is 1. The summed E-state index contributed by atoms with van der Waals surface area (Å²) in [5.74, 6) is 2.04. The predicted octanol–water partition coefficient (Wildman–Crippen LogP) is 0.375. The molecule has 0 bridgehead atoms. The summed E-state index contributed by atoms with van der Waals surface area (Å²) in [4.78, 5) is 7.08. The fraction of sp³-hybridized carbons (Fsp3) is 0.667. The first-order valence-corrected chi connectivity index (χ1v) is 4.86. The van der Waals surface area contributed by atoms with Crippen molar-refractivity contribution in [2.24, 2.45) is 0 Å². The maximum atomic E-state index is 5.66. The lowest BCUT2D eigenvalue weighted by atomic mass is 10.6. The van der Waals surface area contributed by atoms with Gasteiger partial charge in [-0.1, -0.05) is 0 Å². The predicted molar refractivity (Wildman–Crippen MR) is 58.9 cm³/mol. The summed E-state index contributed by atoms with van der Waals surface area (Å²) in [6.45, 7) is 4.36. The van der Waals surface area contributed by atoms with E-state index in [1.54, 1.807) is 7.11 Å². The molecule has 1 heterocycles. The summed E-state index contributed by atoms with van der Waals surface area (Å²) in [7, 11) is 1.65. The van der Waals surface area contributed by atoms with Gasteiger partial charge < -0.3 is 25.5 Å². The highest BCUT2D eigenvalue weighted by Crippen LogP contribution is 2.12. The number of ether oxygens (including phenoxy) is 2. The highest BCUT2D eigenvalue weighted by atomic mass is 16.5. The van der Waals surface area contributed by atoms with Crippen LogP contribution in [0.3, 0.4) is 0 Å². The van der Waals surface area contributed by atoms with Crippen LogP contribution < -0.4 is 11.1 Å². The molecule has 15 heavy (non-hydrogen) atoms. The quantitative estimate of drug-likeness (QED) is 0.571. The Morgan fingerprint density at radius 2 is 2.20 bits per heavy atom. The van der Waals surface area contributed by atoms with Crippen LogP contribution in [0.1, 0.15) is 5.82 Å². The van der Waals surface area contributed by atoms with Gasteiger partial charge in [0, 0.05) is 13.7 Å². The van der Waals surface area contributed by atoms with Crippen molar-refractivity contribution in [1.29, 1.82) is 0 Å². The second-order valence-electron chi connectivity index (χ2n) is 3.12. The Labute approximate surface area is 89.2 Å². The van der Waals surface area contributed by atoms with Gasteiger partial charge in [0.05, 0.1) is 19.8 Å². The van der Waals surface area contributed by atoms with Crippen molar-refractivity contribution in [2.75, 3.05) is 44.5 Å². The van der Waals surface area contributed by atoms with E-state index in [1.807, 2.05) is 6.92 Å². The molecular formula is C9H18N4O2. The van der Waals surface area contributed by atoms with Gasteiger partial charge in [0.15, 0.2) is 5.82 Å². The average molecular weight is 214 g/mol. The number of nitrogens with two attached hydrogens (primary N) is 1. The van der Waals surface area contributed by atoms with Gasteiger partial charge in [0.1, 0.15) is 11.6 Å². The van der Waals surface area contributed by atoms with E-state index < -0.39 is 0 Å². The molecule has 6 heteroatoms. The molecule has 0 amide bonds. The number of rotatable bonds is 7. The van der Waals surface area contributed by atoms with Gasteiger partial charge in [-0.2, -0.15) is 0 Å². The number of methoxy groups -OCH3 is 1. The van der Waals surface area contributed by atoms with Crippen molar-refractivity contribution < 1.29 is 9.47 Å². The fourth-order valence-corrected chi connectivity index (χ4v) is 1.13. The van der Waals surface area contributed by atoms with E-state index in [9.17, 15) is 0 Å². The first kappa shape index (κ1) is 11.8. The van der Waals surface area contributed by atoms with Crippen molar-refractivity contribution in [3.63, 3.8) is 0 Å². The minimum absolute atomic E-state index is 0.560. The molecule has 4 N–H and O–H groups in total. The van der Waals surface area contributed by atoms with Crippen LogP contribution >= 0.6 is 0 Å². The molecule has 0 atom stereocenters. The maximum Gasteiger partial charge on any atom is 0.168 e. The molecule has 86 valence electrons. The van der Waals surface area contributed by atoms with Gasteiger partial charge >= 0.3 is 0 Å². The van der Waals surface area contributed by atoms with E-state index in [0.29, 0.717) is 38.0 Å². The number of hydrogen-bond acceptors (Lipinski definition) is 5. The van der Waals surface area contributed by atoms with Crippen LogP contribution in [0.5, 0.6) is 0 Å². The molecule has 1 aromatic heterocycles. The topological polar surface area (TPSA) is 85.2 Å². The molecule has 0 saturated carbocycles. The van der Waals surface area contributed by atoms with Gasteiger partial charge in [-0.05, 0) is 6.92 Å². The summed E-state index contributed by atoms with van der Waals surface area (Å²) in [6, 6.07) is 0. The third-order valence-electron chi connectivity index (χ3n) is 1.82. The van der Waals surface area contributed by atoms with Gasteiger partial charge in [0.2, 0.25) is 0 Å². The highest BCUT2D eigenvalue weighted by molar-refractivity contribution is 5.56. The van der Waals surface area contributed by atoms with Crippen molar-refractivity contribution >= 4 is 11.6 Å². The summed E-state index contributed by atoms with van der Waals surface area (Å²) in [5, 5.41) is 3.08. The first-order valence-electron chi connectivity index (χ1n) is 4.86. The monoisotopic (exact) mass is 214 g/mol. The second-order valence-corrected chi connectivity index (χ2v) is 3.12. The molecule has 0 spiro atoms. The number of aromatic amines is 1. The van der Waals surface area contributed by atoms with Crippen molar-refractivity contribution in [2.45, 2.75) is 6.92 Å². The first-order chi connectivity index (χ1) is 7.24. The molecule has 0 radical (unpaired) electrons. The Hall–Kier alpha value is -1.27. The number of aryl methyl sites for hydroxylation is 1. The number of H-pyrrole nitrogens is 1. The third kappa shape index (κ3) is 4.18. The van der Waals surface area contributed by atoms with Gasteiger partial charge in [-0.3, -0.25) is 0 Å². The number of nitrogens with one attached hydrogen (secondary N) is 2. The Bertz CT molecular complexity index is 288. The summed E-state index contributed by atoms with van der Waals surface area (Å²) in [5.41, 5.74) is 5.66. The SMILES string of the molecule is COCCOCCNc1nc(C)[nH]c1N. The number of hydrogen-bond donors (Lipinski definition) is 3. The molecule has 0 aliphatic heterocycles. The van der Waals surface area contributed by atoms with Crippen LogP contribution in [-0.2, 0) is 9.47 Å². The second kappa shape index (κ2) is 6.26. The molecule has 0 unspecified atom stereocenters. The van der Waals surface area contributed by atoms with E-state index in [4.69, 9.17) is 15.2 Å². The Balaban J connectivity index is 2.12. The third-order valence-corrected chi connectivity index (χ3v) is 1.82. The Morgan fingerprint density at radius 1 is 1.40 bits per heavy atom. The van der Waals surface area contributed by atoms with Crippen LogP contribution in [-0.4, -0.2) is 43.4 Å². The highest BCUT2D eigenvalue weighted by Gasteiger charge is 2.02. The zero-order chi connectivity index (χ0) is 11.1. The number of imidazole rings is 1. The molecule has 0 aromatic carbocycles. The minimum Gasteiger partial charge on any atom is -0.382 e. The van der Waals surface area contributed by atoms with E-state index >= 15 is 0 Å². The smallest absolute Gasteiger partial charge is 0.168 e. The van der Waals surface area contributed by atoms with E-state index in [2.05, 4.69) is 15.3 Å². The molecule has 1 rings (SSSR count). The molecule has 0 saturated heterocycles. The van der Waals surface area contributed by atoms with E-state index in [0.717, 1.165) is 5.82 Å². The number of anilines is 2. The fourth-order valence-electron chi connectivity index (χ4n) is 1.13. The van der Waals surface area contributed by atoms with Crippen LogP contribution in [0.15, 0.2) is 0 Å². The zero-order valence-corrected chi connectivity index (χ0v) is 9.17. The maximum absolute atomic E-state index is 5.66. The summed E-state index contributed by atoms with van der Waals surface area (Å²) in [6.07, 6.45) is 0. The number of nitrogens with zero attached hydrogens (tertiary/aromatic N) is 1. The lowest BCUT2D eigenvalue weighted by Crippen LogP contribution is -2.12. The molecule has 1 aromatic rings. The summed E-state index contributed by atoms with van der Waals surface area (Å²) >= 11 is 0. The average Bonchev–Trinajstić information content (AvgIpc) is 2.51. The van der Waals surface area contributed by atoms with Gasteiger partial charge in [-0.25, -0.2) is 4.98 Å². The largest absolute Gasteiger partial charge is 0.382 e. The molecule has 0 fully saturated rings.